The Balaban J connectivity index is 1.53. The third kappa shape index (κ3) is 3.79. The lowest BCUT2D eigenvalue weighted by Gasteiger charge is -2.09. The fraction of sp³-hybridized carbons (Fsp3) is 0.368. The Morgan fingerprint density at radius 1 is 1.29 bits per heavy atom. The largest absolute Gasteiger partial charge is 0.388 e. The lowest BCUT2D eigenvalue weighted by Crippen LogP contribution is -2.40. The fourth-order valence-corrected chi connectivity index (χ4v) is 3.19. The van der Waals surface area contributed by atoms with Crippen LogP contribution in [-0.2, 0) is 13.0 Å². The zero-order valence-corrected chi connectivity index (χ0v) is 16.0. The maximum absolute atomic E-state index is 12.6. The van der Waals surface area contributed by atoms with Crippen molar-refractivity contribution in [3.63, 3.8) is 0 Å². The SMILES string of the molecule is Cc1cn(C2CC2)c(=O)n(Cc2nc(C[C@H](O)c3ccc(Cl)cc3)no2)c1=O. The smallest absolute Gasteiger partial charge is 0.331 e. The van der Waals surface area contributed by atoms with Gasteiger partial charge in [0.25, 0.3) is 5.56 Å². The zero-order chi connectivity index (χ0) is 19.8. The van der Waals surface area contributed by atoms with Crippen LogP contribution in [0.15, 0.2) is 44.6 Å². The molecular weight excluding hydrogens is 384 g/mol. The summed E-state index contributed by atoms with van der Waals surface area (Å²) in [4.78, 5) is 29.2. The number of hydrogen-bond acceptors (Lipinski definition) is 6. The van der Waals surface area contributed by atoms with Crippen molar-refractivity contribution in [3.05, 3.63) is 79.2 Å². The quantitative estimate of drug-likeness (QED) is 0.676. The van der Waals surface area contributed by atoms with Crippen LogP contribution in [0.3, 0.4) is 0 Å². The molecule has 1 aliphatic carbocycles. The Hall–Kier alpha value is -2.71. The minimum absolute atomic E-state index is 0.101. The van der Waals surface area contributed by atoms with Crippen molar-refractivity contribution in [1.29, 1.82) is 0 Å². The van der Waals surface area contributed by atoms with Crippen LogP contribution >= 0.6 is 11.6 Å². The third-order valence-electron chi connectivity index (χ3n) is 4.74. The second-order valence-corrected chi connectivity index (χ2v) is 7.44. The summed E-state index contributed by atoms with van der Waals surface area (Å²) in [5.41, 5.74) is 0.421. The molecule has 0 unspecified atom stereocenters. The van der Waals surface area contributed by atoms with Crippen LogP contribution < -0.4 is 11.2 Å². The van der Waals surface area contributed by atoms with Crippen molar-refractivity contribution in [2.24, 2.45) is 0 Å². The Kier molecular flexibility index (Phi) is 4.91. The summed E-state index contributed by atoms with van der Waals surface area (Å²) in [5, 5.41) is 14.8. The molecule has 3 aromatic rings. The highest BCUT2D eigenvalue weighted by atomic mass is 35.5. The molecule has 1 aliphatic rings. The number of nitrogens with zero attached hydrogens (tertiary/aromatic N) is 4. The first-order valence-corrected chi connectivity index (χ1v) is 9.37. The van der Waals surface area contributed by atoms with Crippen LogP contribution in [0.2, 0.25) is 5.02 Å². The van der Waals surface area contributed by atoms with Crippen molar-refractivity contribution in [1.82, 2.24) is 19.3 Å². The number of rotatable bonds is 6. The van der Waals surface area contributed by atoms with Crippen molar-refractivity contribution in [2.75, 3.05) is 0 Å². The number of hydrogen-bond donors (Lipinski definition) is 1. The first kappa shape index (κ1) is 18.6. The Labute approximate surface area is 165 Å². The minimum atomic E-state index is -0.823. The molecule has 1 saturated carbocycles. The highest BCUT2D eigenvalue weighted by Gasteiger charge is 2.26. The molecular formula is C19H19ClN4O4. The molecule has 9 heteroatoms. The van der Waals surface area contributed by atoms with Crippen molar-refractivity contribution >= 4 is 11.6 Å². The van der Waals surface area contributed by atoms with Gasteiger partial charge in [-0.05, 0) is 37.5 Å². The average molecular weight is 403 g/mol. The standard InChI is InChI=1S/C19H19ClN4O4/c1-11-9-23(14-6-7-14)19(27)24(18(11)26)10-17-21-16(22-28-17)8-15(25)12-2-4-13(20)5-3-12/h2-5,9,14-15,25H,6-8,10H2,1H3/t15-/m0/s1. The van der Waals surface area contributed by atoms with E-state index in [0.29, 0.717) is 22.0 Å². The molecule has 0 spiro atoms. The molecule has 0 bridgehead atoms. The predicted octanol–water partition coefficient (Wildman–Crippen LogP) is 2.01. The van der Waals surface area contributed by atoms with Gasteiger partial charge in [-0.2, -0.15) is 4.98 Å². The monoisotopic (exact) mass is 402 g/mol. The topological polar surface area (TPSA) is 103 Å². The van der Waals surface area contributed by atoms with Gasteiger partial charge in [-0.1, -0.05) is 28.9 Å². The van der Waals surface area contributed by atoms with Crippen molar-refractivity contribution in [3.8, 4) is 0 Å². The van der Waals surface area contributed by atoms with Crippen LogP contribution in [0, 0.1) is 6.92 Å². The summed E-state index contributed by atoms with van der Waals surface area (Å²) in [6, 6.07) is 6.99. The summed E-state index contributed by atoms with van der Waals surface area (Å²) in [6.45, 7) is 1.58. The molecule has 146 valence electrons. The first-order chi connectivity index (χ1) is 13.4. The zero-order valence-electron chi connectivity index (χ0n) is 15.2. The highest BCUT2D eigenvalue weighted by Crippen LogP contribution is 2.33. The van der Waals surface area contributed by atoms with Gasteiger partial charge in [0, 0.05) is 29.2 Å². The van der Waals surface area contributed by atoms with E-state index in [2.05, 4.69) is 10.1 Å². The van der Waals surface area contributed by atoms with Gasteiger partial charge >= 0.3 is 5.69 Å². The van der Waals surface area contributed by atoms with E-state index in [1.54, 1.807) is 42.0 Å². The van der Waals surface area contributed by atoms with Gasteiger partial charge in [-0.15, -0.1) is 0 Å². The second-order valence-electron chi connectivity index (χ2n) is 7.00. The molecule has 1 atom stereocenters. The van der Waals surface area contributed by atoms with E-state index in [9.17, 15) is 14.7 Å². The maximum atomic E-state index is 12.6. The molecule has 0 aliphatic heterocycles. The number of aromatic nitrogens is 4. The van der Waals surface area contributed by atoms with Gasteiger partial charge < -0.3 is 9.63 Å². The lowest BCUT2D eigenvalue weighted by atomic mass is 10.1. The summed E-state index contributed by atoms with van der Waals surface area (Å²) in [5.74, 6) is 0.436. The molecule has 8 nitrogen and oxygen atoms in total. The maximum Gasteiger partial charge on any atom is 0.331 e. The molecule has 0 amide bonds. The summed E-state index contributed by atoms with van der Waals surface area (Å²) >= 11 is 5.85. The van der Waals surface area contributed by atoms with E-state index in [-0.39, 0.29) is 36.1 Å². The van der Waals surface area contributed by atoms with Gasteiger partial charge in [-0.3, -0.25) is 13.9 Å². The van der Waals surface area contributed by atoms with Gasteiger partial charge in [0.05, 0.1) is 6.10 Å². The molecule has 0 radical (unpaired) electrons. The van der Waals surface area contributed by atoms with Crippen LogP contribution in [0.4, 0.5) is 0 Å². The van der Waals surface area contributed by atoms with Crippen LogP contribution in [0.25, 0.3) is 0 Å². The van der Waals surface area contributed by atoms with E-state index >= 15 is 0 Å². The molecule has 4 rings (SSSR count). The summed E-state index contributed by atoms with van der Waals surface area (Å²) in [7, 11) is 0. The van der Waals surface area contributed by atoms with Gasteiger partial charge in [-0.25, -0.2) is 4.79 Å². The van der Waals surface area contributed by atoms with E-state index in [1.165, 1.54) is 0 Å². The van der Waals surface area contributed by atoms with Gasteiger partial charge in [0.2, 0.25) is 5.89 Å². The highest BCUT2D eigenvalue weighted by molar-refractivity contribution is 6.30. The predicted molar refractivity (Wildman–Crippen MR) is 101 cm³/mol. The number of aryl methyl sites for hydroxylation is 1. The molecule has 2 aromatic heterocycles. The summed E-state index contributed by atoms with van der Waals surface area (Å²) in [6.07, 6.45) is 2.80. The third-order valence-corrected chi connectivity index (χ3v) is 4.99. The Morgan fingerprint density at radius 3 is 2.68 bits per heavy atom. The number of benzene rings is 1. The van der Waals surface area contributed by atoms with Crippen molar-refractivity contribution < 1.29 is 9.63 Å². The molecule has 28 heavy (non-hydrogen) atoms. The average Bonchev–Trinajstić information content (AvgIpc) is 3.42. The number of halogens is 1. The Morgan fingerprint density at radius 2 is 2.00 bits per heavy atom. The normalized spacial score (nSPS) is 15.0. The van der Waals surface area contributed by atoms with E-state index in [4.69, 9.17) is 16.1 Å². The first-order valence-electron chi connectivity index (χ1n) is 9.00. The van der Waals surface area contributed by atoms with Crippen molar-refractivity contribution in [2.45, 2.75) is 44.9 Å². The number of aliphatic hydroxyl groups excluding tert-OH is 1. The van der Waals surface area contributed by atoms with E-state index in [0.717, 1.165) is 17.4 Å². The number of aliphatic hydroxyl groups is 1. The van der Waals surface area contributed by atoms with Crippen LogP contribution in [-0.4, -0.2) is 24.4 Å². The second kappa shape index (κ2) is 7.37. The van der Waals surface area contributed by atoms with Gasteiger partial charge in [0.1, 0.15) is 6.54 Å². The van der Waals surface area contributed by atoms with E-state index < -0.39 is 6.10 Å². The molecule has 1 fully saturated rings. The van der Waals surface area contributed by atoms with Crippen LogP contribution in [0.1, 0.15) is 47.8 Å². The minimum Gasteiger partial charge on any atom is -0.388 e. The Bertz CT molecular complexity index is 1110. The lowest BCUT2D eigenvalue weighted by molar-refractivity contribution is 0.174. The van der Waals surface area contributed by atoms with E-state index in [1.807, 2.05) is 0 Å². The van der Waals surface area contributed by atoms with Gasteiger partial charge in [0.15, 0.2) is 5.82 Å². The molecule has 0 saturated heterocycles. The van der Waals surface area contributed by atoms with Crippen LogP contribution in [0.5, 0.6) is 0 Å². The molecule has 1 aromatic carbocycles. The molecule has 1 N–H and O–H groups in total. The fourth-order valence-electron chi connectivity index (χ4n) is 3.06. The molecule has 2 heterocycles. The summed E-state index contributed by atoms with van der Waals surface area (Å²) < 4.78 is 7.90.